The van der Waals surface area contributed by atoms with Gasteiger partial charge in [-0.3, -0.25) is 0 Å². The highest BCUT2D eigenvalue weighted by Gasteiger charge is 2.19. The number of aromatic nitrogens is 2. The van der Waals surface area contributed by atoms with E-state index in [-0.39, 0.29) is 11.5 Å². The summed E-state index contributed by atoms with van der Waals surface area (Å²) in [7, 11) is 1.31. The van der Waals surface area contributed by atoms with Gasteiger partial charge in [0, 0.05) is 11.9 Å². The van der Waals surface area contributed by atoms with Crippen LogP contribution in [0.15, 0.2) is 24.4 Å². The maximum absolute atomic E-state index is 11.9. The van der Waals surface area contributed by atoms with Crippen molar-refractivity contribution < 1.29 is 9.53 Å². The van der Waals surface area contributed by atoms with Crippen molar-refractivity contribution in [2.75, 3.05) is 12.8 Å². The van der Waals surface area contributed by atoms with Crippen LogP contribution in [-0.2, 0) is 4.74 Å². The quantitative estimate of drug-likeness (QED) is 0.697. The maximum atomic E-state index is 11.9. The fourth-order valence-electron chi connectivity index (χ4n) is 1.89. The Morgan fingerprint density at radius 1 is 1.45 bits per heavy atom. The van der Waals surface area contributed by atoms with Crippen molar-refractivity contribution in [3.05, 3.63) is 40.7 Å². The number of nitrogens with two attached hydrogens (primary N) is 1. The molecule has 0 fully saturated rings. The second kappa shape index (κ2) is 5.54. The van der Waals surface area contributed by atoms with E-state index >= 15 is 0 Å². The minimum Gasteiger partial charge on any atom is -0.465 e. The first kappa shape index (κ1) is 14.4. The number of hydrogen-bond acceptors (Lipinski definition) is 4. The summed E-state index contributed by atoms with van der Waals surface area (Å²) >= 11 is 6.21. The molecule has 0 unspecified atom stereocenters. The molecule has 0 spiro atoms. The van der Waals surface area contributed by atoms with Crippen LogP contribution in [0.1, 0.15) is 35.8 Å². The number of nitrogen functional groups attached to an aromatic ring is 1. The Hall–Kier alpha value is -2.01. The van der Waals surface area contributed by atoms with E-state index in [0.29, 0.717) is 16.4 Å². The zero-order valence-electron chi connectivity index (χ0n) is 11.6. The van der Waals surface area contributed by atoms with Crippen molar-refractivity contribution in [2.24, 2.45) is 0 Å². The van der Waals surface area contributed by atoms with E-state index < -0.39 is 5.97 Å². The zero-order valence-corrected chi connectivity index (χ0v) is 12.3. The molecule has 2 rings (SSSR count). The number of benzene rings is 1. The number of halogens is 1. The van der Waals surface area contributed by atoms with Crippen molar-refractivity contribution in [2.45, 2.75) is 19.8 Å². The summed E-state index contributed by atoms with van der Waals surface area (Å²) in [5, 5.41) is 4.78. The lowest BCUT2D eigenvalue weighted by Crippen LogP contribution is -2.10. The highest BCUT2D eigenvalue weighted by Crippen LogP contribution is 2.28. The fraction of sp³-hybridized carbons (Fsp3) is 0.286. The SMILES string of the molecule is COC(=O)c1cc(N)cc(Cl)c1-n1ccc(C(C)C)n1. The van der Waals surface area contributed by atoms with Gasteiger partial charge in [0.1, 0.15) is 0 Å². The van der Waals surface area contributed by atoms with Gasteiger partial charge in [-0.2, -0.15) is 5.10 Å². The first-order chi connectivity index (χ1) is 9.43. The molecule has 0 bridgehead atoms. The van der Waals surface area contributed by atoms with Crippen molar-refractivity contribution in [1.29, 1.82) is 0 Å². The van der Waals surface area contributed by atoms with Gasteiger partial charge in [0.05, 0.1) is 29.1 Å². The van der Waals surface area contributed by atoms with E-state index in [9.17, 15) is 4.79 Å². The summed E-state index contributed by atoms with van der Waals surface area (Å²) in [5.74, 6) is -0.221. The van der Waals surface area contributed by atoms with Crippen molar-refractivity contribution >= 4 is 23.3 Å². The van der Waals surface area contributed by atoms with Crippen LogP contribution in [0.2, 0.25) is 5.02 Å². The lowest BCUT2D eigenvalue weighted by molar-refractivity contribution is 0.0600. The Kier molecular flexibility index (Phi) is 3.99. The summed E-state index contributed by atoms with van der Waals surface area (Å²) in [6.45, 7) is 4.08. The van der Waals surface area contributed by atoms with Crippen molar-refractivity contribution in [3.8, 4) is 5.69 Å². The highest BCUT2D eigenvalue weighted by atomic mass is 35.5. The third-order valence-electron chi connectivity index (χ3n) is 2.92. The van der Waals surface area contributed by atoms with Gasteiger partial charge in [-0.25, -0.2) is 9.48 Å². The zero-order chi connectivity index (χ0) is 14.9. The number of methoxy groups -OCH3 is 1. The summed E-state index contributed by atoms with van der Waals surface area (Å²) in [4.78, 5) is 11.9. The van der Waals surface area contributed by atoms with Crippen LogP contribution in [0.5, 0.6) is 0 Å². The lowest BCUT2D eigenvalue weighted by Gasteiger charge is -2.11. The van der Waals surface area contributed by atoms with Gasteiger partial charge in [0.15, 0.2) is 0 Å². The van der Waals surface area contributed by atoms with E-state index in [0.717, 1.165) is 5.69 Å². The van der Waals surface area contributed by atoms with E-state index in [1.54, 1.807) is 16.9 Å². The molecule has 2 aromatic rings. The van der Waals surface area contributed by atoms with E-state index in [2.05, 4.69) is 5.10 Å². The molecular formula is C14H16ClN3O2. The summed E-state index contributed by atoms with van der Waals surface area (Å²) in [6.07, 6.45) is 1.76. The smallest absolute Gasteiger partial charge is 0.340 e. The molecule has 0 amide bonds. The van der Waals surface area contributed by atoms with Crippen LogP contribution in [0.3, 0.4) is 0 Å². The van der Waals surface area contributed by atoms with Gasteiger partial charge in [-0.05, 0) is 24.1 Å². The van der Waals surface area contributed by atoms with Gasteiger partial charge in [-0.1, -0.05) is 25.4 Å². The molecule has 0 saturated heterocycles. The Bertz CT molecular complexity index is 650. The molecule has 20 heavy (non-hydrogen) atoms. The average Bonchev–Trinajstić information content (AvgIpc) is 2.86. The first-order valence-corrected chi connectivity index (χ1v) is 6.55. The van der Waals surface area contributed by atoms with Crippen LogP contribution in [0, 0.1) is 0 Å². The topological polar surface area (TPSA) is 70.1 Å². The number of ether oxygens (including phenoxy) is 1. The molecular weight excluding hydrogens is 278 g/mol. The van der Waals surface area contributed by atoms with Gasteiger partial charge in [-0.15, -0.1) is 0 Å². The van der Waals surface area contributed by atoms with Crippen LogP contribution < -0.4 is 5.73 Å². The standard InChI is InChI=1S/C14H16ClN3O2/c1-8(2)12-4-5-18(17-12)13-10(14(19)20-3)6-9(16)7-11(13)15/h4-8H,16H2,1-3H3. The Morgan fingerprint density at radius 3 is 2.70 bits per heavy atom. The van der Waals surface area contributed by atoms with Crippen LogP contribution in [0.25, 0.3) is 5.69 Å². The molecule has 1 aromatic heterocycles. The molecule has 0 radical (unpaired) electrons. The lowest BCUT2D eigenvalue weighted by atomic mass is 10.1. The molecule has 6 heteroatoms. The van der Waals surface area contributed by atoms with E-state index in [1.807, 2.05) is 19.9 Å². The number of nitrogens with zero attached hydrogens (tertiary/aromatic N) is 2. The predicted octanol–water partition coefficient (Wildman–Crippen LogP) is 3.02. The largest absolute Gasteiger partial charge is 0.465 e. The second-order valence-electron chi connectivity index (χ2n) is 4.73. The molecule has 1 aromatic carbocycles. The van der Waals surface area contributed by atoms with Crippen molar-refractivity contribution in [1.82, 2.24) is 9.78 Å². The molecule has 0 aliphatic rings. The molecule has 106 valence electrons. The van der Waals surface area contributed by atoms with E-state index in [1.165, 1.54) is 13.2 Å². The molecule has 5 nitrogen and oxygen atoms in total. The number of anilines is 1. The predicted molar refractivity (Wildman–Crippen MR) is 78.4 cm³/mol. The summed E-state index contributed by atoms with van der Waals surface area (Å²) in [6, 6.07) is 5.00. The van der Waals surface area contributed by atoms with Crippen molar-refractivity contribution in [3.63, 3.8) is 0 Å². The monoisotopic (exact) mass is 293 g/mol. The molecule has 0 atom stereocenters. The van der Waals surface area contributed by atoms with Gasteiger partial charge >= 0.3 is 5.97 Å². The molecule has 0 aliphatic heterocycles. The second-order valence-corrected chi connectivity index (χ2v) is 5.14. The number of hydrogen-bond donors (Lipinski definition) is 1. The van der Waals surface area contributed by atoms with Gasteiger partial charge in [0.25, 0.3) is 0 Å². The Balaban J connectivity index is 2.62. The summed E-state index contributed by atoms with van der Waals surface area (Å²) in [5.41, 5.74) is 7.80. The molecule has 0 saturated carbocycles. The third kappa shape index (κ3) is 2.63. The Labute approximate surface area is 122 Å². The van der Waals surface area contributed by atoms with Crippen LogP contribution in [-0.4, -0.2) is 22.9 Å². The maximum Gasteiger partial charge on any atom is 0.340 e. The Morgan fingerprint density at radius 2 is 2.15 bits per heavy atom. The molecule has 2 N–H and O–H groups in total. The average molecular weight is 294 g/mol. The van der Waals surface area contributed by atoms with Crippen LogP contribution in [0.4, 0.5) is 5.69 Å². The number of carbonyl (C=O) groups excluding carboxylic acids is 1. The molecule has 1 heterocycles. The normalized spacial score (nSPS) is 10.8. The number of esters is 1. The third-order valence-corrected chi connectivity index (χ3v) is 3.21. The van der Waals surface area contributed by atoms with Gasteiger partial charge < -0.3 is 10.5 Å². The van der Waals surface area contributed by atoms with Crippen LogP contribution >= 0.6 is 11.6 Å². The minimum absolute atomic E-state index is 0.283. The highest BCUT2D eigenvalue weighted by molar-refractivity contribution is 6.33. The molecule has 0 aliphatic carbocycles. The number of carbonyl (C=O) groups is 1. The van der Waals surface area contributed by atoms with Gasteiger partial charge in [0.2, 0.25) is 0 Å². The number of rotatable bonds is 3. The van der Waals surface area contributed by atoms with E-state index in [4.69, 9.17) is 22.1 Å². The first-order valence-electron chi connectivity index (χ1n) is 6.17. The minimum atomic E-state index is -0.504. The summed E-state index contributed by atoms with van der Waals surface area (Å²) < 4.78 is 6.34. The fourth-order valence-corrected chi connectivity index (χ4v) is 2.20.